The van der Waals surface area contributed by atoms with E-state index in [4.69, 9.17) is 26.8 Å². The minimum Gasteiger partial charge on any atom is -0.496 e. The maximum Gasteiger partial charge on any atom is 0.255 e. The van der Waals surface area contributed by atoms with Gasteiger partial charge >= 0.3 is 0 Å². The summed E-state index contributed by atoms with van der Waals surface area (Å²) in [6.07, 6.45) is 2.15. The number of carbonyl (C=O) groups excluding carboxylic acids is 2. The molecule has 2 aromatic carbocycles. The molecular formula is C27H36ClN5O4. The van der Waals surface area contributed by atoms with Crippen molar-refractivity contribution in [2.75, 3.05) is 70.7 Å². The molecule has 2 aromatic rings. The Morgan fingerprint density at radius 1 is 1.00 bits per heavy atom. The van der Waals surface area contributed by atoms with Crippen molar-refractivity contribution in [3.05, 3.63) is 47.0 Å². The molecule has 10 heteroatoms. The predicted octanol–water partition coefficient (Wildman–Crippen LogP) is 2.87. The van der Waals surface area contributed by atoms with E-state index in [0.29, 0.717) is 41.5 Å². The Labute approximate surface area is 223 Å². The molecule has 2 fully saturated rings. The minimum atomic E-state index is -0.223. The lowest BCUT2D eigenvalue weighted by Crippen LogP contribution is -2.50. The summed E-state index contributed by atoms with van der Waals surface area (Å²) in [6, 6.07) is 11.2. The number of para-hydroxylation sites is 2. The van der Waals surface area contributed by atoms with E-state index < -0.39 is 0 Å². The predicted molar refractivity (Wildman–Crippen MR) is 146 cm³/mol. The smallest absolute Gasteiger partial charge is 0.255 e. The number of anilines is 2. The number of hydrogen-bond acceptors (Lipinski definition) is 7. The highest BCUT2D eigenvalue weighted by Gasteiger charge is 2.26. The molecule has 0 bridgehead atoms. The van der Waals surface area contributed by atoms with Crippen molar-refractivity contribution in [3.8, 4) is 11.5 Å². The molecule has 37 heavy (non-hydrogen) atoms. The van der Waals surface area contributed by atoms with Crippen LogP contribution in [0, 0.1) is 0 Å². The first kappa shape index (κ1) is 26.9. The molecule has 9 nitrogen and oxygen atoms in total. The second kappa shape index (κ2) is 12.4. The standard InChI is InChI=1S/C27H36ClN5O4/c1-36-24-6-4-3-5-23(24)32-13-15-33(16-14-32)26(34)9-12-31-10-7-19(8-11-31)30-27(35)20-17-21(28)22(29)18-25(20)37-2/h3-6,17-19H,7-16,29H2,1-2H3,(H,30,35). The van der Waals surface area contributed by atoms with Gasteiger partial charge in [-0.2, -0.15) is 0 Å². The van der Waals surface area contributed by atoms with E-state index in [2.05, 4.69) is 21.2 Å². The lowest BCUT2D eigenvalue weighted by Gasteiger charge is -2.37. The largest absolute Gasteiger partial charge is 0.496 e. The Bertz CT molecular complexity index is 1100. The average Bonchev–Trinajstić information content (AvgIpc) is 2.93. The van der Waals surface area contributed by atoms with Crippen LogP contribution in [0.15, 0.2) is 36.4 Å². The Morgan fingerprint density at radius 3 is 2.35 bits per heavy atom. The van der Waals surface area contributed by atoms with Crippen molar-refractivity contribution in [2.24, 2.45) is 0 Å². The first-order chi connectivity index (χ1) is 17.9. The third-order valence-electron chi connectivity index (χ3n) is 7.19. The normalized spacial score (nSPS) is 16.9. The number of carbonyl (C=O) groups is 2. The molecule has 200 valence electrons. The fourth-order valence-corrected chi connectivity index (χ4v) is 5.14. The molecule has 2 amide bonds. The highest BCUT2D eigenvalue weighted by atomic mass is 35.5. The molecule has 2 saturated heterocycles. The number of amides is 2. The summed E-state index contributed by atoms with van der Waals surface area (Å²) in [7, 11) is 3.18. The minimum absolute atomic E-state index is 0.0588. The van der Waals surface area contributed by atoms with Crippen LogP contribution < -0.4 is 25.4 Å². The van der Waals surface area contributed by atoms with Crippen molar-refractivity contribution in [2.45, 2.75) is 25.3 Å². The number of rotatable bonds is 8. The second-order valence-corrected chi connectivity index (χ2v) is 9.86. The number of ether oxygens (including phenoxy) is 2. The Kier molecular flexibility index (Phi) is 9.00. The van der Waals surface area contributed by atoms with Gasteiger partial charge < -0.3 is 35.2 Å². The SMILES string of the molecule is COc1cc(N)c(Cl)cc1C(=O)NC1CCN(CCC(=O)N2CCN(c3ccccc3OC)CC2)CC1. The van der Waals surface area contributed by atoms with Crippen LogP contribution in [0.2, 0.25) is 5.02 Å². The number of piperazine rings is 1. The summed E-state index contributed by atoms with van der Waals surface area (Å²) in [4.78, 5) is 32.2. The first-order valence-corrected chi connectivity index (χ1v) is 13.1. The van der Waals surface area contributed by atoms with Crippen molar-refractivity contribution < 1.29 is 19.1 Å². The number of piperidine rings is 1. The molecule has 0 spiro atoms. The fraction of sp³-hybridized carbons (Fsp3) is 0.481. The number of nitrogen functional groups attached to an aromatic ring is 1. The van der Waals surface area contributed by atoms with Crippen LogP contribution in [-0.4, -0.2) is 87.7 Å². The molecule has 0 saturated carbocycles. The van der Waals surface area contributed by atoms with E-state index in [9.17, 15) is 9.59 Å². The Balaban J connectivity index is 1.19. The van der Waals surface area contributed by atoms with Gasteiger partial charge in [0.05, 0.1) is 36.2 Å². The number of nitrogens with two attached hydrogens (primary N) is 1. The van der Waals surface area contributed by atoms with Gasteiger partial charge in [-0.25, -0.2) is 0 Å². The second-order valence-electron chi connectivity index (χ2n) is 9.45. The molecule has 3 N–H and O–H groups in total. The number of benzene rings is 2. The van der Waals surface area contributed by atoms with E-state index in [1.165, 1.54) is 7.11 Å². The summed E-state index contributed by atoms with van der Waals surface area (Å²) in [5.74, 6) is 1.24. The van der Waals surface area contributed by atoms with Crippen LogP contribution >= 0.6 is 11.6 Å². The van der Waals surface area contributed by atoms with Gasteiger partial charge in [0.1, 0.15) is 11.5 Å². The van der Waals surface area contributed by atoms with Gasteiger partial charge in [-0.3, -0.25) is 9.59 Å². The Morgan fingerprint density at radius 2 is 1.68 bits per heavy atom. The van der Waals surface area contributed by atoms with Crippen LogP contribution in [0.5, 0.6) is 11.5 Å². The maximum atomic E-state index is 12.9. The summed E-state index contributed by atoms with van der Waals surface area (Å²) in [6.45, 7) is 5.40. The zero-order valence-electron chi connectivity index (χ0n) is 21.5. The lowest BCUT2D eigenvalue weighted by molar-refractivity contribution is -0.131. The molecule has 4 rings (SSSR count). The summed E-state index contributed by atoms with van der Waals surface area (Å²) in [5.41, 5.74) is 7.64. The summed E-state index contributed by atoms with van der Waals surface area (Å²) >= 11 is 6.11. The van der Waals surface area contributed by atoms with E-state index in [-0.39, 0.29) is 17.9 Å². The number of hydrogen-bond donors (Lipinski definition) is 2. The third-order valence-corrected chi connectivity index (χ3v) is 7.51. The van der Waals surface area contributed by atoms with E-state index in [1.54, 1.807) is 19.2 Å². The zero-order chi connectivity index (χ0) is 26.4. The molecule has 0 radical (unpaired) electrons. The fourth-order valence-electron chi connectivity index (χ4n) is 4.98. The van der Waals surface area contributed by atoms with E-state index >= 15 is 0 Å². The molecule has 0 aliphatic carbocycles. The zero-order valence-corrected chi connectivity index (χ0v) is 22.3. The van der Waals surface area contributed by atoms with Gasteiger partial charge in [0.25, 0.3) is 5.91 Å². The molecule has 2 aliphatic heterocycles. The molecule has 0 aromatic heterocycles. The van der Waals surface area contributed by atoms with E-state index in [1.807, 2.05) is 23.1 Å². The number of nitrogens with zero attached hydrogens (tertiary/aromatic N) is 3. The van der Waals surface area contributed by atoms with Gasteiger partial charge in [-0.15, -0.1) is 0 Å². The maximum absolute atomic E-state index is 12.9. The lowest BCUT2D eigenvalue weighted by atomic mass is 10.0. The van der Waals surface area contributed by atoms with E-state index in [0.717, 1.165) is 57.0 Å². The topological polar surface area (TPSA) is 100 Å². The molecule has 2 heterocycles. The molecule has 0 atom stereocenters. The van der Waals surface area contributed by atoms with Crippen molar-refractivity contribution in [1.29, 1.82) is 0 Å². The highest BCUT2D eigenvalue weighted by Crippen LogP contribution is 2.30. The van der Waals surface area contributed by atoms with Crippen LogP contribution in [0.4, 0.5) is 11.4 Å². The number of halogens is 1. The van der Waals surface area contributed by atoms with Crippen molar-refractivity contribution in [3.63, 3.8) is 0 Å². The number of likely N-dealkylation sites (tertiary alicyclic amines) is 1. The van der Waals surface area contributed by atoms with Gasteiger partial charge in [0.15, 0.2) is 0 Å². The molecular weight excluding hydrogens is 494 g/mol. The van der Waals surface area contributed by atoms with Gasteiger partial charge in [-0.05, 0) is 31.0 Å². The van der Waals surface area contributed by atoms with Crippen molar-refractivity contribution in [1.82, 2.24) is 15.1 Å². The monoisotopic (exact) mass is 529 g/mol. The van der Waals surface area contributed by atoms with Gasteiger partial charge in [-0.1, -0.05) is 23.7 Å². The van der Waals surface area contributed by atoms with Gasteiger partial charge in [0.2, 0.25) is 5.91 Å². The average molecular weight is 530 g/mol. The third kappa shape index (κ3) is 6.59. The highest BCUT2D eigenvalue weighted by molar-refractivity contribution is 6.33. The molecule has 0 unspecified atom stereocenters. The molecule has 2 aliphatic rings. The van der Waals surface area contributed by atoms with Crippen LogP contribution in [-0.2, 0) is 4.79 Å². The number of nitrogens with one attached hydrogen (secondary N) is 1. The van der Waals surface area contributed by atoms with Crippen LogP contribution in [0.3, 0.4) is 0 Å². The first-order valence-electron chi connectivity index (χ1n) is 12.7. The van der Waals surface area contributed by atoms with Crippen LogP contribution in [0.1, 0.15) is 29.6 Å². The summed E-state index contributed by atoms with van der Waals surface area (Å²) in [5, 5.41) is 3.41. The Hall–Kier alpha value is -3.17. The van der Waals surface area contributed by atoms with Crippen molar-refractivity contribution >= 4 is 34.8 Å². The quantitative estimate of drug-likeness (QED) is 0.507. The summed E-state index contributed by atoms with van der Waals surface area (Å²) < 4.78 is 10.8. The number of methoxy groups -OCH3 is 2. The van der Waals surface area contributed by atoms with Gasteiger partial charge in [0, 0.05) is 64.3 Å². The van der Waals surface area contributed by atoms with Crippen LogP contribution in [0.25, 0.3) is 0 Å².